The van der Waals surface area contributed by atoms with Crippen LogP contribution in [0.25, 0.3) is 6.08 Å². The highest BCUT2D eigenvalue weighted by Gasteiger charge is 2.37. The van der Waals surface area contributed by atoms with E-state index in [9.17, 15) is 9.59 Å². The Kier molecular flexibility index (Phi) is 4.53. The molecular formula is C17H19NO4. The van der Waals surface area contributed by atoms with Gasteiger partial charge in [-0.25, -0.2) is 0 Å². The summed E-state index contributed by atoms with van der Waals surface area (Å²) in [6.07, 6.45) is 8.25. The molecule has 5 heteroatoms. The van der Waals surface area contributed by atoms with Crippen LogP contribution in [0.2, 0.25) is 0 Å². The van der Waals surface area contributed by atoms with Gasteiger partial charge >= 0.3 is 0 Å². The molecule has 3 rings (SSSR count). The highest BCUT2D eigenvalue weighted by molar-refractivity contribution is 6.11. The number of ketones is 1. The smallest absolute Gasteiger partial charge is 0.233 e. The van der Waals surface area contributed by atoms with Crippen molar-refractivity contribution in [3.63, 3.8) is 0 Å². The predicted molar refractivity (Wildman–Crippen MR) is 81.0 cm³/mol. The minimum atomic E-state index is -0.513. The van der Waals surface area contributed by atoms with Crippen LogP contribution in [0.4, 0.5) is 0 Å². The molecule has 1 aromatic rings. The number of Topliss-reactive ketones (excluding diaryl/α,β-unsaturated/α-hetero) is 1. The molecule has 2 heterocycles. The lowest BCUT2D eigenvalue weighted by Crippen LogP contribution is -2.44. The Morgan fingerprint density at radius 1 is 1.32 bits per heavy atom. The Bertz CT molecular complexity index is 594. The highest BCUT2D eigenvalue weighted by Crippen LogP contribution is 2.28. The van der Waals surface area contributed by atoms with Gasteiger partial charge in [0.1, 0.15) is 11.7 Å². The summed E-state index contributed by atoms with van der Waals surface area (Å²) in [6, 6.07) is 3.65. The van der Waals surface area contributed by atoms with Gasteiger partial charge in [-0.15, -0.1) is 0 Å². The van der Waals surface area contributed by atoms with Crippen LogP contribution in [0.1, 0.15) is 18.6 Å². The molecule has 116 valence electrons. The van der Waals surface area contributed by atoms with E-state index in [0.29, 0.717) is 39.1 Å². The number of rotatable bonds is 3. The molecule has 0 N–H and O–H groups in total. The van der Waals surface area contributed by atoms with Crippen LogP contribution in [-0.2, 0) is 14.3 Å². The summed E-state index contributed by atoms with van der Waals surface area (Å²) < 4.78 is 10.4. The van der Waals surface area contributed by atoms with E-state index in [2.05, 4.69) is 0 Å². The molecule has 1 unspecified atom stereocenters. The summed E-state index contributed by atoms with van der Waals surface area (Å²) in [6.45, 7) is 2.28. The van der Waals surface area contributed by atoms with E-state index in [1.54, 1.807) is 29.4 Å². The molecule has 5 nitrogen and oxygen atoms in total. The van der Waals surface area contributed by atoms with Gasteiger partial charge in [-0.3, -0.25) is 9.59 Å². The Hall–Kier alpha value is -2.14. The van der Waals surface area contributed by atoms with Gasteiger partial charge in [0.15, 0.2) is 5.78 Å². The van der Waals surface area contributed by atoms with E-state index in [-0.39, 0.29) is 11.7 Å². The fourth-order valence-electron chi connectivity index (χ4n) is 2.83. The number of allylic oxidation sites excluding steroid dienone is 3. The lowest BCUT2D eigenvalue weighted by Gasteiger charge is -2.28. The SMILES string of the molecule is O=C1/C(=C/C=C/c2ccco2)CCC1C(=O)N1CCOCC1. The standard InChI is InChI=1S/C17H19NO4/c19-16-13(3-1-4-14-5-2-10-22-14)6-7-15(16)17(20)18-8-11-21-12-9-18/h1-5,10,15H,6-9,11-12H2/b4-1+,13-3+. The molecule has 0 spiro atoms. The first-order chi connectivity index (χ1) is 10.8. The quantitative estimate of drug-likeness (QED) is 0.633. The Morgan fingerprint density at radius 3 is 2.86 bits per heavy atom. The van der Waals surface area contributed by atoms with Crippen LogP contribution in [0.15, 0.2) is 40.5 Å². The van der Waals surface area contributed by atoms with Crippen molar-refractivity contribution in [2.45, 2.75) is 12.8 Å². The summed E-state index contributed by atoms with van der Waals surface area (Å²) in [5.41, 5.74) is 0.717. The topological polar surface area (TPSA) is 59.8 Å². The number of morpholine rings is 1. The lowest BCUT2D eigenvalue weighted by atomic mass is 10.0. The third-order valence-corrected chi connectivity index (χ3v) is 4.06. The maximum Gasteiger partial charge on any atom is 0.233 e. The van der Waals surface area contributed by atoms with Crippen molar-refractivity contribution in [2.24, 2.45) is 5.92 Å². The van der Waals surface area contributed by atoms with Gasteiger partial charge < -0.3 is 14.1 Å². The van der Waals surface area contributed by atoms with Crippen LogP contribution >= 0.6 is 0 Å². The van der Waals surface area contributed by atoms with Gasteiger partial charge in [0.05, 0.1) is 19.5 Å². The van der Waals surface area contributed by atoms with Crippen LogP contribution in [-0.4, -0.2) is 42.9 Å². The Balaban J connectivity index is 1.62. The minimum Gasteiger partial charge on any atom is -0.465 e. The molecule has 1 aliphatic carbocycles. The second-order valence-electron chi connectivity index (χ2n) is 5.46. The van der Waals surface area contributed by atoms with E-state index in [1.165, 1.54) is 0 Å². The monoisotopic (exact) mass is 301 g/mol. The van der Waals surface area contributed by atoms with E-state index in [4.69, 9.17) is 9.15 Å². The van der Waals surface area contributed by atoms with Crippen LogP contribution in [0.3, 0.4) is 0 Å². The second-order valence-corrected chi connectivity index (χ2v) is 5.46. The zero-order valence-electron chi connectivity index (χ0n) is 12.4. The average molecular weight is 301 g/mol. The van der Waals surface area contributed by atoms with Gasteiger partial charge in [0, 0.05) is 13.1 Å². The van der Waals surface area contributed by atoms with Crippen molar-refractivity contribution in [1.82, 2.24) is 4.90 Å². The number of hydrogen-bond donors (Lipinski definition) is 0. The van der Waals surface area contributed by atoms with Crippen molar-refractivity contribution in [2.75, 3.05) is 26.3 Å². The highest BCUT2D eigenvalue weighted by atomic mass is 16.5. The van der Waals surface area contributed by atoms with Crippen molar-refractivity contribution in [3.8, 4) is 0 Å². The van der Waals surface area contributed by atoms with E-state index in [0.717, 1.165) is 11.3 Å². The molecule has 22 heavy (non-hydrogen) atoms. The van der Waals surface area contributed by atoms with E-state index < -0.39 is 5.92 Å². The Labute approximate surface area is 129 Å². The summed E-state index contributed by atoms with van der Waals surface area (Å²) in [4.78, 5) is 26.5. The average Bonchev–Trinajstić information content (AvgIpc) is 3.18. The molecule has 0 bridgehead atoms. The largest absolute Gasteiger partial charge is 0.465 e. The number of carbonyl (C=O) groups is 2. The van der Waals surface area contributed by atoms with Gasteiger partial charge in [-0.2, -0.15) is 0 Å². The predicted octanol–water partition coefficient (Wildman–Crippen LogP) is 2.06. The molecule has 1 atom stereocenters. The lowest BCUT2D eigenvalue weighted by molar-refractivity contribution is -0.142. The maximum atomic E-state index is 12.4. The maximum absolute atomic E-state index is 12.4. The van der Waals surface area contributed by atoms with Gasteiger partial charge in [0.2, 0.25) is 5.91 Å². The molecule has 1 saturated heterocycles. The summed E-state index contributed by atoms with van der Waals surface area (Å²) >= 11 is 0. The first-order valence-corrected chi connectivity index (χ1v) is 7.57. The normalized spacial score (nSPS) is 24.5. The molecule has 0 radical (unpaired) electrons. The number of nitrogens with zero attached hydrogens (tertiary/aromatic N) is 1. The number of amides is 1. The number of ether oxygens (including phenoxy) is 1. The van der Waals surface area contributed by atoms with Gasteiger partial charge in [-0.05, 0) is 36.6 Å². The number of carbonyl (C=O) groups excluding carboxylic acids is 2. The van der Waals surface area contributed by atoms with Crippen molar-refractivity contribution in [1.29, 1.82) is 0 Å². The van der Waals surface area contributed by atoms with Gasteiger partial charge in [-0.1, -0.05) is 12.2 Å². The van der Waals surface area contributed by atoms with Crippen molar-refractivity contribution >= 4 is 17.8 Å². The second kappa shape index (κ2) is 6.75. The molecule has 2 aliphatic rings. The fourth-order valence-corrected chi connectivity index (χ4v) is 2.83. The Morgan fingerprint density at radius 2 is 2.14 bits per heavy atom. The number of furan rings is 1. The van der Waals surface area contributed by atoms with E-state index in [1.807, 2.05) is 12.1 Å². The van der Waals surface area contributed by atoms with Crippen molar-refractivity contribution < 1.29 is 18.7 Å². The fraction of sp³-hybridized carbons (Fsp3) is 0.412. The third-order valence-electron chi connectivity index (χ3n) is 4.06. The molecule has 1 aliphatic heterocycles. The first kappa shape index (κ1) is 14.8. The molecular weight excluding hydrogens is 282 g/mol. The van der Waals surface area contributed by atoms with Crippen molar-refractivity contribution in [3.05, 3.63) is 41.9 Å². The van der Waals surface area contributed by atoms with Crippen LogP contribution in [0, 0.1) is 5.92 Å². The summed E-state index contributed by atoms with van der Waals surface area (Å²) in [7, 11) is 0. The van der Waals surface area contributed by atoms with Gasteiger partial charge in [0.25, 0.3) is 0 Å². The third kappa shape index (κ3) is 3.20. The first-order valence-electron chi connectivity index (χ1n) is 7.57. The van der Waals surface area contributed by atoms with Crippen LogP contribution < -0.4 is 0 Å². The summed E-state index contributed by atoms with van der Waals surface area (Å²) in [5, 5.41) is 0. The zero-order chi connectivity index (χ0) is 15.4. The molecule has 1 amide bonds. The van der Waals surface area contributed by atoms with Crippen LogP contribution in [0.5, 0.6) is 0 Å². The number of hydrogen-bond acceptors (Lipinski definition) is 4. The molecule has 0 aromatic carbocycles. The molecule has 1 aromatic heterocycles. The van der Waals surface area contributed by atoms with E-state index >= 15 is 0 Å². The minimum absolute atomic E-state index is 0.0411. The summed E-state index contributed by atoms with van der Waals surface area (Å²) in [5.74, 6) is 0.136. The molecule has 2 fully saturated rings. The zero-order valence-corrected chi connectivity index (χ0v) is 12.4. The molecule has 1 saturated carbocycles.